The molecule has 82 valence electrons. The van der Waals surface area contributed by atoms with Gasteiger partial charge in [-0.05, 0) is 28.3 Å². The third-order valence-electron chi connectivity index (χ3n) is 2.42. The molecule has 3 heteroatoms. The number of rotatable bonds is 2. The normalized spacial score (nSPS) is 11.3. The summed E-state index contributed by atoms with van der Waals surface area (Å²) in [5, 5.41) is 3.07. The fourth-order valence-electron chi connectivity index (χ4n) is 1.44. The van der Waals surface area contributed by atoms with E-state index in [4.69, 9.17) is 0 Å². The van der Waals surface area contributed by atoms with Gasteiger partial charge in [0.15, 0.2) is 0 Å². The van der Waals surface area contributed by atoms with Crippen LogP contribution in [0.5, 0.6) is 0 Å². The van der Waals surface area contributed by atoms with Crippen molar-refractivity contribution < 1.29 is 0 Å². The Morgan fingerprint density at radius 1 is 1.20 bits per heavy atom. The zero-order chi connectivity index (χ0) is 11.6. The van der Waals surface area contributed by atoms with E-state index in [9.17, 15) is 4.91 Å². The lowest BCUT2D eigenvalue weighted by molar-refractivity contribution is 0.590. The molecule has 0 amide bonds. The summed E-state index contributed by atoms with van der Waals surface area (Å²) in [5.74, 6) is 0. The number of anilines is 1. The average Bonchev–Trinajstić information content (AvgIpc) is 2.15. The van der Waals surface area contributed by atoms with Crippen LogP contribution in [0.4, 0.5) is 11.4 Å². The third kappa shape index (κ3) is 2.55. The molecule has 0 spiro atoms. The topological polar surface area (TPSA) is 32.7 Å². The maximum atomic E-state index is 10.7. The Morgan fingerprint density at radius 3 is 2.20 bits per heavy atom. The van der Waals surface area contributed by atoms with E-state index >= 15 is 0 Å². The molecule has 0 N–H and O–H groups in total. The second-order valence-corrected chi connectivity index (χ2v) is 4.94. The molecule has 0 aliphatic carbocycles. The van der Waals surface area contributed by atoms with Gasteiger partial charge in [-0.2, -0.15) is 0 Å². The van der Waals surface area contributed by atoms with Gasteiger partial charge in [0, 0.05) is 14.1 Å². The first-order chi connectivity index (χ1) is 6.86. The largest absolute Gasteiger partial charge is 0.376 e. The highest BCUT2D eigenvalue weighted by molar-refractivity contribution is 5.67. The molecular weight excluding hydrogens is 188 g/mol. The van der Waals surface area contributed by atoms with Gasteiger partial charge in [-0.15, -0.1) is 4.91 Å². The summed E-state index contributed by atoms with van der Waals surface area (Å²) in [7, 11) is 3.81. The second-order valence-electron chi connectivity index (χ2n) is 4.94. The standard InChI is InChI=1S/C12H18N2O/c1-12(2,3)9-6-7-11(14(4)5)10(8-9)13-15/h6-8H,1-5H3. The van der Waals surface area contributed by atoms with Crippen LogP contribution in [0.3, 0.4) is 0 Å². The number of benzene rings is 1. The summed E-state index contributed by atoms with van der Waals surface area (Å²) in [5.41, 5.74) is 2.54. The molecule has 0 atom stereocenters. The molecular formula is C12H18N2O. The molecule has 1 rings (SSSR count). The van der Waals surface area contributed by atoms with Crippen LogP contribution in [-0.4, -0.2) is 14.1 Å². The molecule has 0 saturated carbocycles. The Hall–Kier alpha value is -1.38. The van der Waals surface area contributed by atoms with Crippen LogP contribution < -0.4 is 4.90 Å². The molecule has 1 aromatic carbocycles. The monoisotopic (exact) mass is 206 g/mol. The van der Waals surface area contributed by atoms with Crippen LogP contribution in [-0.2, 0) is 5.41 Å². The van der Waals surface area contributed by atoms with Crippen molar-refractivity contribution in [3.63, 3.8) is 0 Å². The lowest BCUT2D eigenvalue weighted by Crippen LogP contribution is -2.13. The maximum Gasteiger partial charge on any atom is 0.131 e. The minimum Gasteiger partial charge on any atom is -0.376 e. The van der Waals surface area contributed by atoms with Gasteiger partial charge in [0.1, 0.15) is 5.69 Å². The summed E-state index contributed by atoms with van der Waals surface area (Å²) in [6.07, 6.45) is 0. The average molecular weight is 206 g/mol. The molecule has 0 bridgehead atoms. The summed E-state index contributed by atoms with van der Waals surface area (Å²) in [6, 6.07) is 5.85. The molecule has 0 aliphatic heterocycles. The Balaban J connectivity index is 3.25. The summed E-state index contributed by atoms with van der Waals surface area (Å²) in [6.45, 7) is 6.35. The highest BCUT2D eigenvalue weighted by Crippen LogP contribution is 2.32. The van der Waals surface area contributed by atoms with Gasteiger partial charge in [0.2, 0.25) is 0 Å². The first-order valence-corrected chi connectivity index (χ1v) is 5.01. The number of nitrogens with zero attached hydrogens (tertiary/aromatic N) is 2. The first-order valence-electron chi connectivity index (χ1n) is 5.01. The molecule has 3 nitrogen and oxygen atoms in total. The predicted octanol–water partition coefficient (Wildman–Crippen LogP) is 3.45. The zero-order valence-corrected chi connectivity index (χ0v) is 10.0. The fourth-order valence-corrected chi connectivity index (χ4v) is 1.44. The first kappa shape index (κ1) is 11.7. The number of nitroso groups, excluding NO2 is 1. The molecule has 15 heavy (non-hydrogen) atoms. The molecule has 0 radical (unpaired) electrons. The van der Waals surface area contributed by atoms with Crippen molar-refractivity contribution >= 4 is 11.4 Å². The van der Waals surface area contributed by atoms with Crippen molar-refractivity contribution in [2.75, 3.05) is 19.0 Å². The number of hydrogen-bond acceptors (Lipinski definition) is 3. The maximum absolute atomic E-state index is 10.7. The minimum atomic E-state index is 0.0459. The summed E-state index contributed by atoms with van der Waals surface area (Å²) >= 11 is 0. The summed E-state index contributed by atoms with van der Waals surface area (Å²) in [4.78, 5) is 12.6. The smallest absolute Gasteiger partial charge is 0.131 e. The van der Waals surface area contributed by atoms with Gasteiger partial charge in [-0.3, -0.25) is 0 Å². The number of hydrogen-bond donors (Lipinski definition) is 0. The third-order valence-corrected chi connectivity index (χ3v) is 2.42. The Bertz CT molecular complexity index is 364. The van der Waals surface area contributed by atoms with Crippen molar-refractivity contribution in [1.82, 2.24) is 0 Å². The van der Waals surface area contributed by atoms with Crippen molar-refractivity contribution in [3.8, 4) is 0 Å². The van der Waals surface area contributed by atoms with Gasteiger partial charge < -0.3 is 4.90 Å². The zero-order valence-electron chi connectivity index (χ0n) is 10.0. The van der Waals surface area contributed by atoms with E-state index < -0.39 is 0 Å². The highest BCUT2D eigenvalue weighted by atomic mass is 16.3. The Kier molecular flexibility index (Phi) is 3.12. The molecule has 0 heterocycles. The molecule has 0 aliphatic rings. The van der Waals surface area contributed by atoms with Gasteiger partial charge >= 0.3 is 0 Å². The van der Waals surface area contributed by atoms with Gasteiger partial charge in [-0.25, -0.2) is 0 Å². The Labute approximate surface area is 91.1 Å². The highest BCUT2D eigenvalue weighted by Gasteiger charge is 2.16. The quantitative estimate of drug-likeness (QED) is 0.694. The molecule has 0 saturated heterocycles. The summed E-state index contributed by atoms with van der Waals surface area (Å²) < 4.78 is 0. The molecule has 1 aromatic rings. The van der Waals surface area contributed by atoms with Crippen LogP contribution >= 0.6 is 0 Å². The van der Waals surface area contributed by atoms with E-state index in [1.54, 1.807) is 0 Å². The van der Waals surface area contributed by atoms with E-state index in [1.807, 2.05) is 37.2 Å². The predicted molar refractivity (Wildman–Crippen MR) is 64.9 cm³/mol. The van der Waals surface area contributed by atoms with Crippen molar-refractivity contribution in [1.29, 1.82) is 0 Å². The molecule has 0 unspecified atom stereocenters. The van der Waals surface area contributed by atoms with E-state index in [0.717, 1.165) is 11.3 Å². The van der Waals surface area contributed by atoms with E-state index in [-0.39, 0.29) is 5.41 Å². The minimum absolute atomic E-state index is 0.0459. The lowest BCUT2D eigenvalue weighted by Gasteiger charge is -2.21. The Morgan fingerprint density at radius 2 is 1.80 bits per heavy atom. The van der Waals surface area contributed by atoms with E-state index in [0.29, 0.717) is 5.69 Å². The van der Waals surface area contributed by atoms with Gasteiger partial charge in [0.25, 0.3) is 0 Å². The lowest BCUT2D eigenvalue weighted by atomic mass is 9.86. The van der Waals surface area contributed by atoms with Crippen LogP contribution in [0.25, 0.3) is 0 Å². The molecule has 0 aromatic heterocycles. The van der Waals surface area contributed by atoms with Crippen LogP contribution in [0.1, 0.15) is 26.3 Å². The van der Waals surface area contributed by atoms with Crippen LogP contribution in [0, 0.1) is 4.91 Å². The van der Waals surface area contributed by atoms with E-state index in [2.05, 4.69) is 25.9 Å². The van der Waals surface area contributed by atoms with Crippen LogP contribution in [0.2, 0.25) is 0 Å². The second kappa shape index (κ2) is 4.01. The van der Waals surface area contributed by atoms with Crippen molar-refractivity contribution in [3.05, 3.63) is 28.7 Å². The van der Waals surface area contributed by atoms with Gasteiger partial charge in [0.05, 0.1) is 5.69 Å². The van der Waals surface area contributed by atoms with Crippen molar-refractivity contribution in [2.24, 2.45) is 5.18 Å². The van der Waals surface area contributed by atoms with Gasteiger partial charge in [-0.1, -0.05) is 26.8 Å². The van der Waals surface area contributed by atoms with Crippen molar-refractivity contribution in [2.45, 2.75) is 26.2 Å². The fraction of sp³-hybridized carbons (Fsp3) is 0.500. The SMILES string of the molecule is CN(C)c1ccc(C(C)(C)C)cc1N=O. The van der Waals surface area contributed by atoms with Crippen LogP contribution in [0.15, 0.2) is 23.4 Å². The van der Waals surface area contributed by atoms with E-state index in [1.165, 1.54) is 0 Å². The molecule has 0 fully saturated rings.